The van der Waals surface area contributed by atoms with Crippen molar-refractivity contribution in [3.05, 3.63) is 145 Å². The lowest BCUT2D eigenvalue weighted by molar-refractivity contribution is 0.494. The topological polar surface area (TPSA) is 22.1 Å². The molecular weight excluding hydrogens is 498 g/mol. The molecule has 194 valence electrons. The van der Waals surface area contributed by atoms with E-state index in [2.05, 4.69) is 132 Å². The second-order valence-electron chi connectivity index (χ2n) is 10.7. The highest BCUT2D eigenvalue weighted by molar-refractivity contribution is 6.17. The van der Waals surface area contributed by atoms with Crippen molar-refractivity contribution in [1.82, 2.24) is 4.98 Å². The molecule has 0 amide bonds. The van der Waals surface area contributed by atoms with Crippen LogP contribution in [0.5, 0.6) is 11.5 Å². The maximum atomic E-state index is 6.73. The highest BCUT2D eigenvalue weighted by Gasteiger charge is 2.18. The Bertz CT molecular complexity index is 2060. The molecule has 0 saturated carbocycles. The molecule has 0 unspecified atom stereocenters. The largest absolute Gasteiger partial charge is 0.456 e. The van der Waals surface area contributed by atoms with Crippen LogP contribution in [0.15, 0.2) is 134 Å². The first kappa shape index (κ1) is 23.7. The second-order valence-corrected chi connectivity index (χ2v) is 10.7. The van der Waals surface area contributed by atoms with Crippen molar-refractivity contribution in [3.63, 3.8) is 0 Å². The zero-order valence-electron chi connectivity index (χ0n) is 22.5. The molecule has 0 fully saturated rings. The van der Waals surface area contributed by atoms with Gasteiger partial charge in [-0.3, -0.25) is 4.98 Å². The molecule has 1 heterocycles. The molecule has 2 nitrogen and oxygen atoms in total. The molecule has 0 N–H and O–H groups in total. The molecule has 2 heteroatoms. The number of allylic oxidation sites excluding steroid dienone is 1. The van der Waals surface area contributed by atoms with Gasteiger partial charge in [0.1, 0.15) is 11.5 Å². The molecule has 1 aliphatic carbocycles. The molecular formula is C39H27NO. The van der Waals surface area contributed by atoms with Gasteiger partial charge in [-0.1, -0.05) is 109 Å². The summed E-state index contributed by atoms with van der Waals surface area (Å²) in [5.74, 6) is 1.67. The standard InChI is InChI=1S/C39H27NO/c1-2-10-29-24-30(17-16-26(29)8-1)38-34-13-5-6-14-35(34)39(36-22-23-40-25-37(36)38)41-31-20-18-28(19-21-31)33-15-7-11-27-9-3-4-12-32(27)33/h1,3-9,11-25H,2,10H2. The molecule has 0 atom stereocenters. The Morgan fingerprint density at radius 3 is 2.27 bits per heavy atom. The summed E-state index contributed by atoms with van der Waals surface area (Å²) in [6.07, 6.45) is 10.5. The first-order valence-corrected chi connectivity index (χ1v) is 14.2. The number of pyridine rings is 1. The van der Waals surface area contributed by atoms with Crippen LogP contribution < -0.4 is 4.74 Å². The fourth-order valence-electron chi connectivity index (χ4n) is 6.29. The minimum Gasteiger partial charge on any atom is -0.456 e. The Morgan fingerprint density at radius 1 is 0.610 bits per heavy atom. The van der Waals surface area contributed by atoms with Crippen LogP contribution in [-0.4, -0.2) is 4.98 Å². The van der Waals surface area contributed by atoms with Crippen molar-refractivity contribution in [3.8, 4) is 33.8 Å². The predicted molar refractivity (Wildman–Crippen MR) is 171 cm³/mol. The van der Waals surface area contributed by atoms with E-state index >= 15 is 0 Å². The van der Waals surface area contributed by atoms with Gasteiger partial charge in [0.05, 0.1) is 0 Å². The molecule has 0 aliphatic heterocycles. The number of fused-ring (bicyclic) bond motifs is 4. The number of rotatable bonds is 4. The minimum absolute atomic E-state index is 0.811. The van der Waals surface area contributed by atoms with E-state index in [0.717, 1.165) is 40.5 Å². The third-order valence-electron chi connectivity index (χ3n) is 8.26. The van der Waals surface area contributed by atoms with Crippen molar-refractivity contribution in [2.24, 2.45) is 0 Å². The summed E-state index contributed by atoms with van der Waals surface area (Å²) in [5.41, 5.74) is 7.54. The van der Waals surface area contributed by atoms with Gasteiger partial charge in [0, 0.05) is 28.6 Å². The highest BCUT2D eigenvalue weighted by Crippen LogP contribution is 2.45. The Balaban J connectivity index is 1.25. The van der Waals surface area contributed by atoms with Gasteiger partial charge < -0.3 is 4.74 Å². The van der Waals surface area contributed by atoms with Gasteiger partial charge in [0.15, 0.2) is 0 Å². The van der Waals surface area contributed by atoms with Crippen LogP contribution in [0.4, 0.5) is 0 Å². The lowest BCUT2D eigenvalue weighted by Crippen LogP contribution is -1.96. The monoisotopic (exact) mass is 525 g/mol. The second kappa shape index (κ2) is 9.76. The lowest BCUT2D eigenvalue weighted by Gasteiger charge is -2.19. The smallest absolute Gasteiger partial charge is 0.143 e. The van der Waals surface area contributed by atoms with Crippen LogP contribution in [0, 0.1) is 0 Å². The third-order valence-corrected chi connectivity index (χ3v) is 8.26. The van der Waals surface area contributed by atoms with Crippen molar-refractivity contribution in [2.45, 2.75) is 12.8 Å². The fourth-order valence-corrected chi connectivity index (χ4v) is 6.29. The summed E-state index contributed by atoms with van der Waals surface area (Å²) in [6.45, 7) is 0. The van der Waals surface area contributed by atoms with Gasteiger partial charge >= 0.3 is 0 Å². The summed E-state index contributed by atoms with van der Waals surface area (Å²) < 4.78 is 6.73. The van der Waals surface area contributed by atoms with E-state index in [1.165, 1.54) is 49.5 Å². The van der Waals surface area contributed by atoms with Crippen molar-refractivity contribution in [2.75, 3.05) is 0 Å². The van der Waals surface area contributed by atoms with Gasteiger partial charge in [0.25, 0.3) is 0 Å². The average Bonchev–Trinajstić information content (AvgIpc) is 3.04. The molecule has 41 heavy (non-hydrogen) atoms. The van der Waals surface area contributed by atoms with Gasteiger partial charge in [-0.15, -0.1) is 0 Å². The number of ether oxygens (including phenoxy) is 1. The molecule has 8 rings (SSSR count). The molecule has 0 spiro atoms. The van der Waals surface area contributed by atoms with Crippen LogP contribution in [0.2, 0.25) is 0 Å². The van der Waals surface area contributed by atoms with Crippen LogP contribution in [0.1, 0.15) is 17.5 Å². The van der Waals surface area contributed by atoms with Crippen LogP contribution in [0.3, 0.4) is 0 Å². The summed E-state index contributed by atoms with van der Waals surface area (Å²) in [4.78, 5) is 4.54. The SMILES string of the molecule is C1=Cc2ccc(-c3c4ccccc4c(Oc4ccc(-c5cccc6ccccc56)cc4)c4ccncc34)cc2CC1. The molecule has 1 aromatic heterocycles. The third kappa shape index (κ3) is 4.08. The Kier molecular flexibility index (Phi) is 5.63. The van der Waals surface area contributed by atoms with Crippen LogP contribution in [-0.2, 0) is 6.42 Å². The fraction of sp³-hybridized carbons (Fsp3) is 0.0513. The summed E-state index contributed by atoms with van der Waals surface area (Å²) in [5, 5.41) is 6.91. The van der Waals surface area contributed by atoms with Crippen molar-refractivity contribution < 1.29 is 4.74 Å². The number of benzene rings is 6. The van der Waals surface area contributed by atoms with E-state index < -0.39 is 0 Å². The first-order valence-electron chi connectivity index (χ1n) is 14.2. The normalized spacial score (nSPS) is 12.6. The van der Waals surface area contributed by atoms with Crippen LogP contribution >= 0.6 is 0 Å². The molecule has 6 aromatic carbocycles. The minimum atomic E-state index is 0.811. The molecule has 0 radical (unpaired) electrons. The Hall–Kier alpha value is -5.21. The quantitative estimate of drug-likeness (QED) is 0.213. The summed E-state index contributed by atoms with van der Waals surface area (Å²) >= 11 is 0. The van der Waals surface area contributed by atoms with Crippen molar-refractivity contribution in [1.29, 1.82) is 0 Å². The Labute approximate surface area is 239 Å². The van der Waals surface area contributed by atoms with Gasteiger partial charge in [-0.25, -0.2) is 0 Å². The van der Waals surface area contributed by atoms with E-state index in [9.17, 15) is 0 Å². The molecule has 1 aliphatic rings. The first-order chi connectivity index (χ1) is 20.3. The van der Waals surface area contributed by atoms with Crippen molar-refractivity contribution >= 4 is 38.4 Å². The van der Waals surface area contributed by atoms with Gasteiger partial charge in [0.2, 0.25) is 0 Å². The number of hydrogen-bond donors (Lipinski definition) is 0. The average molecular weight is 526 g/mol. The molecule has 7 aromatic rings. The zero-order chi connectivity index (χ0) is 27.2. The van der Waals surface area contributed by atoms with E-state index in [1.807, 2.05) is 12.4 Å². The highest BCUT2D eigenvalue weighted by atomic mass is 16.5. The number of aromatic nitrogens is 1. The predicted octanol–water partition coefficient (Wildman–Crippen LogP) is 10.6. The van der Waals surface area contributed by atoms with Gasteiger partial charge in [-0.05, 0) is 80.6 Å². The van der Waals surface area contributed by atoms with E-state index in [0.29, 0.717) is 0 Å². The van der Waals surface area contributed by atoms with Gasteiger partial charge in [-0.2, -0.15) is 0 Å². The molecule has 0 saturated heterocycles. The van der Waals surface area contributed by atoms with E-state index in [4.69, 9.17) is 4.74 Å². The Morgan fingerprint density at radius 2 is 1.37 bits per heavy atom. The van der Waals surface area contributed by atoms with E-state index in [-0.39, 0.29) is 0 Å². The maximum absolute atomic E-state index is 6.73. The number of aryl methyl sites for hydroxylation is 1. The number of hydrogen-bond acceptors (Lipinski definition) is 2. The van der Waals surface area contributed by atoms with E-state index in [1.54, 1.807) is 0 Å². The summed E-state index contributed by atoms with van der Waals surface area (Å²) in [7, 11) is 0. The summed E-state index contributed by atoms with van der Waals surface area (Å²) in [6, 6.07) is 40.9. The lowest BCUT2D eigenvalue weighted by atomic mass is 9.88. The maximum Gasteiger partial charge on any atom is 0.143 e. The van der Waals surface area contributed by atoms with Crippen LogP contribution in [0.25, 0.3) is 60.6 Å². The zero-order valence-corrected chi connectivity index (χ0v) is 22.5. The molecule has 0 bridgehead atoms. The number of nitrogens with zero attached hydrogens (tertiary/aromatic N) is 1.